The van der Waals surface area contributed by atoms with Crippen LogP contribution in [0.1, 0.15) is 38.8 Å². The first-order valence-electron chi connectivity index (χ1n) is 5.91. The van der Waals surface area contributed by atoms with Gasteiger partial charge in [0.1, 0.15) is 0 Å². The van der Waals surface area contributed by atoms with Crippen molar-refractivity contribution in [3.63, 3.8) is 0 Å². The van der Waals surface area contributed by atoms with E-state index in [-0.39, 0.29) is 11.0 Å². The Balaban J connectivity index is 2.45. The fourth-order valence-corrected chi connectivity index (χ4v) is 1.60. The molecule has 0 radical (unpaired) electrons. The average molecular weight is 233 g/mol. The minimum atomic E-state index is -0.273. The quantitative estimate of drug-likeness (QED) is 0.733. The van der Waals surface area contributed by atoms with Crippen LogP contribution < -0.4 is 5.56 Å². The Morgan fingerprint density at radius 1 is 1.41 bits per heavy atom. The third kappa shape index (κ3) is 4.39. The van der Waals surface area contributed by atoms with Crippen molar-refractivity contribution in [2.75, 3.05) is 0 Å². The topological polar surface area (TPSA) is 58.7 Å². The maximum atomic E-state index is 11.5. The second-order valence-corrected chi connectivity index (χ2v) is 4.99. The highest BCUT2D eigenvalue weighted by Crippen LogP contribution is 2.21. The Hall–Kier alpha value is -1.63. The second kappa shape index (κ2) is 5.62. The van der Waals surface area contributed by atoms with E-state index < -0.39 is 0 Å². The Labute approximate surface area is 102 Å². The van der Waals surface area contributed by atoms with Gasteiger partial charge in [-0.25, -0.2) is 4.68 Å². The minimum absolute atomic E-state index is 0.0601. The van der Waals surface area contributed by atoms with Gasteiger partial charge in [0.25, 0.3) is 5.56 Å². The molecule has 0 aliphatic heterocycles. The van der Waals surface area contributed by atoms with Gasteiger partial charge in [0.05, 0.1) is 17.2 Å². The maximum absolute atomic E-state index is 11.5. The fraction of sp³-hybridized carbons (Fsp3) is 0.615. The summed E-state index contributed by atoms with van der Waals surface area (Å²) in [5.41, 5.74) is 0.516. The molecule has 0 bridgehead atoms. The predicted molar refractivity (Wildman–Crippen MR) is 66.5 cm³/mol. The highest BCUT2D eigenvalue weighted by molar-refractivity contribution is 4.97. The zero-order valence-electron chi connectivity index (χ0n) is 10.7. The number of hydrogen-bond donors (Lipinski definition) is 0. The van der Waals surface area contributed by atoms with Crippen LogP contribution in [0.25, 0.3) is 0 Å². The zero-order valence-corrected chi connectivity index (χ0v) is 10.7. The Bertz CT molecular complexity index is 468. The molecule has 0 saturated carbocycles. The first kappa shape index (κ1) is 13.4. The molecule has 0 aliphatic rings. The van der Waals surface area contributed by atoms with Gasteiger partial charge in [-0.05, 0) is 39.7 Å². The van der Waals surface area contributed by atoms with E-state index in [0.717, 1.165) is 25.0 Å². The molecule has 1 aromatic rings. The van der Waals surface area contributed by atoms with Crippen LogP contribution >= 0.6 is 0 Å². The van der Waals surface area contributed by atoms with E-state index in [0.29, 0.717) is 6.54 Å². The number of aryl methyl sites for hydroxylation is 2. The van der Waals surface area contributed by atoms with Gasteiger partial charge in [0.15, 0.2) is 0 Å². The van der Waals surface area contributed by atoms with E-state index in [1.54, 1.807) is 12.1 Å². The van der Waals surface area contributed by atoms with Crippen molar-refractivity contribution in [1.82, 2.24) is 9.78 Å². The monoisotopic (exact) mass is 233 g/mol. The molecule has 0 N–H and O–H groups in total. The summed E-state index contributed by atoms with van der Waals surface area (Å²) >= 11 is 0. The van der Waals surface area contributed by atoms with E-state index in [1.165, 1.54) is 4.68 Å². The van der Waals surface area contributed by atoms with Crippen LogP contribution in [0.4, 0.5) is 0 Å². The summed E-state index contributed by atoms with van der Waals surface area (Å²) in [6.45, 7) is 6.37. The molecule has 0 fully saturated rings. The number of aromatic nitrogens is 2. The normalized spacial score (nSPS) is 11.2. The van der Waals surface area contributed by atoms with E-state index in [9.17, 15) is 4.79 Å². The summed E-state index contributed by atoms with van der Waals surface area (Å²) in [4.78, 5) is 11.5. The molecule has 0 aromatic carbocycles. The molecule has 0 amide bonds. The molecule has 0 saturated heterocycles. The van der Waals surface area contributed by atoms with Crippen LogP contribution in [-0.4, -0.2) is 9.78 Å². The summed E-state index contributed by atoms with van der Waals surface area (Å²) in [7, 11) is 0. The lowest BCUT2D eigenvalue weighted by atomic mass is 9.89. The smallest absolute Gasteiger partial charge is 0.266 e. The van der Waals surface area contributed by atoms with E-state index in [4.69, 9.17) is 5.26 Å². The number of nitrogens with zero attached hydrogens (tertiary/aromatic N) is 3. The van der Waals surface area contributed by atoms with Crippen molar-refractivity contribution in [2.24, 2.45) is 5.41 Å². The fourth-order valence-electron chi connectivity index (χ4n) is 1.60. The first-order valence-corrected chi connectivity index (χ1v) is 5.91. The molecule has 0 unspecified atom stereocenters. The van der Waals surface area contributed by atoms with Gasteiger partial charge in [-0.3, -0.25) is 4.79 Å². The molecule has 0 aliphatic carbocycles. The average Bonchev–Trinajstić information content (AvgIpc) is 2.29. The SMILES string of the molecule is Cc1ccc(=O)n(CCCCC(C)(C)C#N)n1. The zero-order chi connectivity index (χ0) is 12.9. The summed E-state index contributed by atoms with van der Waals surface area (Å²) in [6, 6.07) is 5.54. The second-order valence-electron chi connectivity index (χ2n) is 4.99. The molecule has 1 rings (SSSR count). The molecular formula is C13H19N3O. The lowest BCUT2D eigenvalue weighted by Crippen LogP contribution is -2.22. The molecule has 4 nitrogen and oxygen atoms in total. The number of nitriles is 1. The lowest BCUT2D eigenvalue weighted by Gasteiger charge is -2.14. The lowest BCUT2D eigenvalue weighted by molar-refractivity contribution is 0.408. The van der Waals surface area contributed by atoms with Crippen LogP contribution in [0.15, 0.2) is 16.9 Å². The van der Waals surface area contributed by atoms with Crippen molar-refractivity contribution in [3.05, 3.63) is 28.2 Å². The van der Waals surface area contributed by atoms with Gasteiger partial charge in [-0.1, -0.05) is 6.42 Å². The van der Waals surface area contributed by atoms with Gasteiger partial charge < -0.3 is 0 Å². The summed E-state index contributed by atoms with van der Waals surface area (Å²) < 4.78 is 1.49. The Kier molecular flexibility index (Phi) is 4.45. The highest BCUT2D eigenvalue weighted by atomic mass is 16.1. The van der Waals surface area contributed by atoms with Crippen LogP contribution in [0.2, 0.25) is 0 Å². The van der Waals surface area contributed by atoms with Crippen LogP contribution in [0.5, 0.6) is 0 Å². The van der Waals surface area contributed by atoms with Gasteiger partial charge in [0, 0.05) is 12.6 Å². The molecule has 0 atom stereocenters. The third-order valence-electron chi connectivity index (χ3n) is 2.72. The molecular weight excluding hydrogens is 214 g/mol. The van der Waals surface area contributed by atoms with Gasteiger partial charge >= 0.3 is 0 Å². The van der Waals surface area contributed by atoms with Gasteiger partial charge in [-0.2, -0.15) is 10.4 Å². The Morgan fingerprint density at radius 2 is 2.12 bits per heavy atom. The molecule has 92 valence electrons. The van der Waals surface area contributed by atoms with Crippen LogP contribution in [0.3, 0.4) is 0 Å². The molecule has 1 heterocycles. The maximum Gasteiger partial charge on any atom is 0.266 e. The summed E-state index contributed by atoms with van der Waals surface area (Å²) in [5.74, 6) is 0. The minimum Gasteiger partial charge on any atom is -0.268 e. The number of rotatable bonds is 5. The molecule has 1 aromatic heterocycles. The first-order chi connectivity index (χ1) is 7.94. The van der Waals surface area contributed by atoms with Crippen molar-refractivity contribution >= 4 is 0 Å². The summed E-state index contributed by atoms with van der Waals surface area (Å²) in [5, 5.41) is 13.0. The van der Waals surface area contributed by atoms with Crippen molar-refractivity contribution in [2.45, 2.75) is 46.6 Å². The van der Waals surface area contributed by atoms with Crippen LogP contribution in [0, 0.1) is 23.7 Å². The molecule has 4 heteroatoms. The molecule has 17 heavy (non-hydrogen) atoms. The highest BCUT2D eigenvalue weighted by Gasteiger charge is 2.15. The van der Waals surface area contributed by atoms with Gasteiger partial charge in [0.2, 0.25) is 0 Å². The van der Waals surface area contributed by atoms with Crippen molar-refractivity contribution < 1.29 is 0 Å². The number of unbranched alkanes of at least 4 members (excludes halogenated alkanes) is 1. The van der Waals surface area contributed by atoms with E-state index in [1.807, 2.05) is 20.8 Å². The number of hydrogen-bond acceptors (Lipinski definition) is 3. The van der Waals surface area contributed by atoms with Gasteiger partial charge in [-0.15, -0.1) is 0 Å². The van der Waals surface area contributed by atoms with E-state index in [2.05, 4.69) is 11.2 Å². The summed E-state index contributed by atoms with van der Waals surface area (Å²) in [6.07, 6.45) is 2.66. The van der Waals surface area contributed by atoms with Crippen molar-refractivity contribution in [1.29, 1.82) is 5.26 Å². The van der Waals surface area contributed by atoms with Crippen molar-refractivity contribution in [3.8, 4) is 6.07 Å². The Morgan fingerprint density at radius 3 is 2.76 bits per heavy atom. The molecule has 0 spiro atoms. The standard InChI is InChI=1S/C13H19N3O/c1-11-6-7-12(17)16(15-11)9-5-4-8-13(2,3)10-14/h6-7H,4-5,8-9H2,1-3H3. The largest absolute Gasteiger partial charge is 0.268 e. The van der Waals surface area contributed by atoms with E-state index >= 15 is 0 Å². The van der Waals surface area contributed by atoms with Crippen LogP contribution in [-0.2, 0) is 6.54 Å². The predicted octanol–water partition coefficient (Wildman–Crippen LogP) is 2.27. The third-order valence-corrected chi connectivity index (χ3v) is 2.72.